The second kappa shape index (κ2) is 14.1. The lowest BCUT2D eigenvalue weighted by Gasteiger charge is -2.26. The fourth-order valence-electron chi connectivity index (χ4n) is 5.02. The number of aryl methyl sites for hydroxylation is 1. The molecule has 0 spiro atoms. The van der Waals surface area contributed by atoms with E-state index in [0.29, 0.717) is 19.6 Å². The first kappa shape index (κ1) is 30.8. The normalized spacial score (nSPS) is 15.8. The summed E-state index contributed by atoms with van der Waals surface area (Å²) in [6.07, 6.45) is 2.44. The minimum absolute atomic E-state index is 0.0178. The van der Waals surface area contributed by atoms with Crippen molar-refractivity contribution in [3.8, 4) is 0 Å². The van der Waals surface area contributed by atoms with Crippen LogP contribution < -0.4 is 10.6 Å². The summed E-state index contributed by atoms with van der Waals surface area (Å²) in [7, 11) is -3.65. The maximum absolute atomic E-state index is 13.9. The van der Waals surface area contributed by atoms with E-state index in [9.17, 15) is 27.1 Å². The minimum atomic E-state index is -3.65. The zero-order chi connectivity index (χ0) is 29.4. The third-order valence-corrected chi connectivity index (χ3v) is 9.22. The van der Waals surface area contributed by atoms with Crippen molar-refractivity contribution in [2.45, 2.75) is 62.6 Å². The van der Waals surface area contributed by atoms with Crippen LogP contribution in [-0.2, 0) is 29.4 Å². The molecule has 41 heavy (non-hydrogen) atoms. The van der Waals surface area contributed by atoms with Crippen LogP contribution >= 0.6 is 0 Å². The first-order chi connectivity index (χ1) is 19.7. The molecule has 0 radical (unpaired) electrons. The van der Waals surface area contributed by atoms with Crippen LogP contribution in [0.3, 0.4) is 0 Å². The van der Waals surface area contributed by atoms with E-state index < -0.39 is 39.7 Å². The molecule has 1 saturated heterocycles. The molecule has 0 saturated carbocycles. The molecule has 1 aliphatic rings. The second-order valence-corrected chi connectivity index (χ2v) is 12.4. The highest BCUT2D eigenvalue weighted by Gasteiger charge is 2.27. The van der Waals surface area contributed by atoms with Gasteiger partial charge in [-0.25, -0.2) is 17.2 Å². The quantitative estimate of drug-likeness (QED) is 0.296. The van der Waals surface area contributed by atoms with Crippen molar-refractivity contribution in [2.24, 2.45) is 0 Å². The summed E-state index contributed by atoms with van der Waals surface area (Å²) in [6, 6.07) is 15.9. The standard InChI is InChI=1S/C31H37F2N3O4S/c1-2-22-7-6-8-23(15-22)20-34-21-30(37)29(18-24-16-26(32)19-27(33)17-24)35-31(38)25-9-11-28(12-10-25)41(39,40)36-13-4-3-5-14-36/h6-12,15-17,19,29-30,34,37H,2-5,13-14,18,20-21H2,1H3,(H,35,38). The van der Waals surface area contributed by atoms with E-state index in [-0.39, 0.29) is 29.0 Å². The van der Waals surface area contributed by atoms with Crippen LogP contribution in [0.2, 0.25) is 0 Å². The van der Waals surface area contributed by atoms with Gasteiger partial charge in [0.2, 0.25) is 10.0 Å². The van der Waals surface area contributed by atoms with Crippen LogP contribution in [0.1, 0.15) is 53.2 Å². The van der Waals surface area contributed by atoms with Gasteiger partial charge in [0.15, 0.2) is 0 Å². The van der Waals surface area contributed by atoms with E-state index in [2.05, 4.69) is 23.6 Å². The Kier molecular flexibility index (Phi) is 10.6. The molecule has 1 fully saturated rings. The van der Waals surface area contributed by atoms with E-state index in [4.69, 9.17) is 0 Å². The predicted octanol–water partition coefficient (Wildman–Crippen LogP) is 4.19. The number of aliphatic hydroxyl groups excluding tert-OH is 1. The number of nitrogens with one attached hydrogen (secondary N) is 2. The number of carbonyl (C=O) groups excluding carboxylic acids is 1. The summed E-state index contributed by atoms with van der Waals surface area (Å²) in [6.45, 7) is 3.63. The minimum Gasteiger partial charge on any atom is -0.390 e. The first-order valence-corrected chi connectivity index (χ1v) is 15.4. The summed E-state index contributed by atoms with van der Waals surface area (Å²) in [4.78, 5) is 13.3. The van der Waals surface area contributed by atoms with E-state index >= 15 is 0 Å². The van der Waals surface area contributed by atoms with Gasteiger partial charge in [-0.2, -0.15) is 4.31 Å². The molecule has 2 unspecified atom stereocenters. The molecule has 0 aliphatic carbocycles. The number of amides is 1. The average molecular weight is 586 g/mol. The zero-order valence-electron chi connectivity index (χ0n) is 23.2. The molecule has 10 heteroatoms. The van der Waals surface area contributed by atoms with Gasteiger partial charge >= 0.3 is 0 Å². The summed E-state index contributed by atoms with van der Waals surface area (Å²) < 4.78 is 55.1. The van der Waals surface area contributed by atoms with Crippen LogP contribution in [0.4, 0.5) is 8.78 Å². The second-order valence-electron chi connectivity index (χ2n) is 10.4. The molecule has 1 heterocycles. The van der Waals surface area contributed by atoms with Gasteiger partial charge in [-0.1, -0.05) is 37.6 Å². The maximum Gasteiger partial charge on any atom is 0.251 e. The van der Waals surface area contributed by atoms with Gasteiger partial charge in [-0.05, 0) is 78.8 Å². The number of halogens is 2. The predicted molar refractivity (Wildman–Crippen MR) is 154 cm³/mol. The number of rotatable bonds is 12. The average Bonchev–Trinajstić information content (AvgIpc) is 2.97. The number of piperidine rings is 1. The van der Waals surface area contributed by atoms with E-state index in [0.717, 1.165) is 37.3 Å². The van der Waals surface area contributed by atoms with Crippen LogP contribution in [0.25, 0.3) is 0 Å². The number of benzene rings is 3. The summed E-state index contributed by atoms with van der Waals surface area (Å²) in [5, 5.41) is 17.0. The molecule has 2 atom stereocenters. The first-order valence-electron chi connectivity index (χ1n) is 14.0. The highest BCUT2D eigenvalue weighted by molar-refractivity contribution is 7.89. The van der Waals surface area contributed by atoms with Crippen LogP contribution in [0.5, 0.6) is 0 Å². The van der Waals surface area contributed by atoms with Crippen molar-refractivity contribution >= 4 is 15.9 Å². The maximum atomic E-state index is 13.9. The Morgan fingerprint density at radius 1 is 0.927 bits per heavy atom. The van der Waals surface area contributed by atoms with Crippen LogP contribution in [0, 0.1) is 11.6 Å². The SMILES string of the molecule is CCc1cccc(CNCC(O)C(Cc2cc(F)cc(F)c2)NC(=O)c2ccc(S(=O)(=O)N3CCCCC3)cc2)c1. The van der Waals surface area contributed by atoms with Gasteiger partial charge < -0.3 is 15.7 Å². The third-order valence-electron chi connectivity index (χ3n) is 7.31. The Labute approximate surface area is 240 Å². The lowest BCUT2D eigenvalue weighted by Crippen LogP contribution is -2.48. The molecular formula is C31H37F2N3O4S. The van der Waals surface area contributed by atoms with Crippen molar-refractivity contribution in [3.05, 3.63) is 101 Å². The zero-order valence-corrected chi connectivity index (χ0v) is 24.0. The third kappa shape index (κ3) is 8.42. The summed E-state index contributed by atoms with van der Waals surface area (Å²) in [5.74, 6) is -2.04. The fourth-order valence-corrected chi connectivity index (χ4v) is 6.53. The van der Waals surface area contributed by atoms with E-state index in [1.54, 1.807) is 0 Å². The van der Waals surface area contributed by atoms with Gasteiger partial charge in [0.05, 0.1) is 17.0 Å². The lowest BCUT2D eigenvalue weighted by atomic mass is 10.00. The lowest BCUT2D eigenvalue weighted by molar-refractivity contribution is 0.0829. The molecule has 4 rings (SSSR count). The van der Waals surface area contributed by atoms with Gasteiger partial charge in [0.25, 0.3) is 5.91 Å². The number of sulfonamides is 1. The number of hydrogen-bond acceptors (Lipinski definition) is 5. The number of carbonyl (C=O) groups is 1. The fraction of sp³-hybridized carbons (Fsp3) is 0.387. The monoisotopic (exact) mass is 585 g/mol. The highest BCUT2D eigenvalue weighted by atomic mass is 32.2. The Balaban J connectivity index is 1.46. The molecule has 1 amide bonds. The molecule has 0 bridgehead atoms. The number of nitrogens with zero attached hydrogens (tertiary/aromatic N) is 1. The van der Waals surface area contributed by atoms with Crippen molar-refractivity contribution < 1.29 is 27.1 Å². The number of hydrogen-bond donors (Lipinski definition) is 3. The molecule has 7 nitrogen and oxygen atoms in total. The highest BCUT2D eigenvalue weighted by Crippen LogP contribution is 2.21. The van der Waals surface area contributed by atoms with Gasteiger partial charge in [-0.3, -0.25) is 4.79 Å². The van der Waals surface area contributed by atoms with Crippen LogP contribution in [-0.4, -0.2) is 55.5 Å². The largest absolute Gasteiger partial charge is 0.390 e. The Morgan fingerprint density at radius 3 is 2.24 bits per heavy atom. The molecule has 3 aromatic carbocycles. The van der Waals surface area contributed by atoms with E-state index in [1.165, 1.54) is 46.3 Å². The van der Waals surface area contributed by atoms with Crippen molar-refractivity contribution in [2.75, 3.05) is 19.6 Å². The molecular weight excluding hydrogens is 548 g/mol. The summed E-state index contributed by atoms with van der Waals surface area (Å²) >= 11 is 0. The van der Waals surface area contributed by atoms with E-state index in [1.807, 2.05) is 18.2 Å². The Hall–Kier alpha value is -3.18. The van der Waals surface area contributed by atoms with Crippen molar-refractivity contribution in [1.29, 1.82) is 0 Å². The molecule has 3 aromatic rings. The molecule has 3 N–H and O–H groups in total. The van der Waals surface area contributed by atoms with Crippen molar-refractivity contribution in [1.82, 2.24) is 14.9 Å². The number of aliphatic hydroxyl groups is 1. The summed E-state index contributed by atoms with van der Waals surface area (Å²) in [5.41, 5.74) is 2.72. The molecule has 0 aromatic heterocycles. The Morgan fingerprint density at radius 2 is 1.59 bits per heavy atom. The topological polar surface area (TPSA) is 98.7 Å². The van der Waals surface area contributed by atoms with Crippen LogP contribution in [0.15, 0.2) is 71.6 Å². The van der Waals surface area contributed by atoms with Gasteiger partial charge in [0, 0.05) is 37.8 Å². The van der Waals surface area contributed by atoms with Gasteiger partial charge in [-0.15, -0.1) is 0 Å². The van der Waals surface area contributed by atoms with Gasteiger partial charge in [0.1, 0.15) is 11.6 Å². The Bertz CT molecular complexity index is 1410. The molecule has 1 aliphatic heterocycles. The smallest absolute Gasteiger partial charge is 0.251 e. The van der Waals surface area contributed by atoms with Crippen molar-refractivity contribution in [3.63, 3.8) is 0 Å². The molecule has 220 valence electrons.